The number of carbonyl (C=O) groups is 1. The molecule has 1 aromatic carbocycles. The lowest BCUT2D eigenvalue weighted by molar-refractivity contribution is 0.0963. The van der Waals surface area contributed by atoms with Crippen LogP contribution in [0.1, 0.15) is 36.2 Å². The molecule has 0 bridgehead atoms. The summed E-state index contributed by atoms with van der Waals surface area (Å²) < 4.78 is 0. The topological polar surface area (TPSA) is 58.4 Å². The molecule has 20 heavy (non-hydrogen) atoms. The summed E-state index contributed by atoms with van der Waals surface area (Å²) >= 11 is 0. The highest BCUT2D eigenvalue weighted by Gasteiger charge is 2.22. The molecule has 0 aliphatic carbocycles. The monoisotopic (exact) mass is 275 g/mol. The molecule has 1 fully saturated rings. The quantitative estimate of drug-likeness (QED) is 0.831. The molecule has 1 heterocycles. The van der Waals surface area contributed by atoms with Gasteiger partial charge in [0.2, 0.25) is 0 Å². The van der Waals surface area contributed by atoms with Gasteiger partial charge in [-0.1, -0.05) is 19.9 Å². The van der Waals surface area contributed by atoms with Crippen molar-refractivity contribution >= 4 is 11.6 Å². The van der Waals surface area contributed by atoms with E-state index in [-0.39, 0.29) is 5.91 Å². The van der Waals surface area contributed by atoms with Gasteiger partial charge in [0.15, 0.2) is 0 Å². The van der Waals surface area contributed by atoms with Crippen LogP contribution in [0.5, 0.6) is 0 Å². The van der Waals surface area contributed by atoms with E-state index in [4.69, 9.17) is 5.73 Å². The minimum absolute atomic E-state index is 0.0940. The van der Waals surface area contributed by atoms with Crippen molar-refractivity contribution in [1.82, 2.24) is 10.2 Å². The van der Waals surface area contributed by atoms with E-state index in [0.29, 0.717) is 11.3 Å². The molecular weight excluding hydrogens is 250 g/mol. The Labute approximate surface area is 121 Å². The summed E-state index contributed by atoms with van der Waals surface area (Å²) in [7, 11) is 1.63. The number of nitrogens with zero attached hydrogens (tertiary/aromatic N) is 1. The number of piperidine rings is 1. The Morgan fingerprint density at radius 1 is 1.35 bits per heavy atom. The van der Waals surface area contributed by atoms with Crippen LogP contribution < -0.4 is 11.1 Å². The van der Waals surface area contributed by atoms with Crippen molar-refractivity contribution in [3.05, 3.63) is 29.3 Å². The van der Waals surface area contributed by atoms with E-state index < -0.39 is 0 Å². The Morgan fingerprint density at radius 3 is 2.55 bits per heavy atom. The van der Waals surface area contributed by atoms with Crippen LogP contribution >= 0.6 is 0 Å². The van der Waals surface area contributed by atoms with E-state index >= 15 is 0 Å². The molecular formula is C16H25N3O. The van der Waals surface area contributed by atoms with Crippen LogP contribution in [0.2, 0.25) is 0 Å². The van der Waals surface area contributed by atoms with Gasteiger partial charge in [-0.05, 0) is 36.0 Å². The zero-order valence-electron chi connectivity index (χ0n) is 12.6. The van der Waals surface area contributed by atoms with Crippen LogP contribution in [0.4, 0.5) is 5.69 Å². The van der Waals surface area contributed by atoms with Gasteiger partial charge < -0.3 is 11.1 Å². The average Bonchev–Trinajstić information content (AvgIpc) is 2.39. The number of hydrogen-bond acceptors (Lipinski definition) is 3. The molecule has 2 unspecified atom stereocenters. The molecule has 0 radical (unpaired) electrons. The van der Waals surface area contributed by atoms with E-state index in [1.165, 1.54) is 6.42 Å². The summed E-state index contributed by atoms with van der Waals surface area (Å²) in [4.78, 5) is 14.0. The average molecular weight is 275 g/mol. The second-order valence-corrected chi connectivity index (χ2v) is 6.13. The van der Waals surface area contributed by atoms with E-state index in [1.54, 1.807) is 13.1 Å². The van der Waals surface area contributed by atoms with Gasteiger partial charge in [0.1, 0.15) is 0 Å². The molecule has 0 aromatic heterocycles. The molecule has 0 saturated carbocycles. The van der Waals surface area contributed by atoms with Gasteiger partial charge >= 0.3 is 0 Å². The van der Waals surface area contributed by atoms with Gasteiger partial charge in [0, 0.05) is 37.9 Å². The minimum Gasteiger partial charge on any atom is -0.398 e. The molecule has 1 aliphatic heterocycles. The first-order chi connectivity index (χ1) is 9.49. The lowest BCUT2D eigenvalue weighted by Gasteiger charge is -2.35. The molecule has 3 N–H and O–H groups in total. The number of likely N-dealkylation sites (tertiary alicyclic amines) is 1. The number of rotatable bonds is 3. The second kappa shape index (κ2) is 6.27. The number of nitrogens with one attached hydrogen (secondary N) is 1. The van der Waals surface area contributed by atoms with Gasteiger partial charge in [-0.25, -0.2) is 0 Å². The number of hydrogen-bond donors (Lipinski definition) is 2. The van der Waals surface area contributed by atoms with Crippen molar-refractivity contribution < 1.29 is 4.79 Å². The van der Waals surface area contributed by atoms with E-state index in [0.717, 1.165) is 37.0 Å². The maximum Gasteiger partial charge on any atom is 0.251 e. The third kappa shape index (κ3) is 3.51. The molecule has 2 rings (SSSR count). The first-order valence-corrected chi connectivity index (χ1v) is 7.32. The van der Waals surface area contributed by atoms with E-state index in [1.807, 2.05) is 12.1 Å². The van der Waals surface area contributed by atoms with Crippen LogP contribution in [-0.2, 0) is 6.54 Å². The SMILES string of the molecule is CNC(=O)c1ccc(CN2CC(C)CC(C)C2)c(N)c1. The third-order valence-electron chi connectivity index (χ3n) is 3.97. The summed E-state index contributed by atoms with van der Waals surface area (Å²) in [5.74, 6) is 1.39. The van der Waals surface area contributed by atoms with Gasteiger partial charge in [0.25, 0.3) is 5.91 Å². The Kier molecular flexibility index (Phi) is 4.65. The lowest BCUT2D eigenvalue weighted by Crippen LogP contribution is -2.38. The summed E-state index contributed by atoms with van der Waals surface area (Å²) in [6.07, 6.45) is 1.31. The highest BCUT2D eigenvalue weighted by Crippen LogP contribution is 2.24. The predicted molar refractivity (Wildman–Crippen MR) is 82.5 cm³/mol. The van der Waals surface area contributed by atoms with Gasteiger partial charge in [-0.15, -0.1) is 0 Å². The predicted octanol–water partition coefficient (Wildman–Crippen LogP) is 2.11. The molecule has 1 aliphatic rings. The molecule has 2 atom stereocenters. The highest BCUT2D eigenvalue weighted by atomic mass is 16.1. The van der Waals surface area contributed by atoms with Crippen molar-refractivity contribution in [2.45, 2.75) is 26.8 Å². The maximum atomic E-state index is 11.6. The van der Waals surface area contributed by atoms with Gasteiger partial charge in [0.05, 0.1) is 0 Å². The number of anilines is 1. The smallest absolute Gasteiger partial charge is 0.251 e. The normalized spacial score (nSPS) is 23.6. The van der Waals surface area contributed by atoms with Gasteiger partial charge in [-0.2, -0.15) is 0 Å². The van der Waals surface area contributed by atoms with E-state index in [2.05, 4.69) is 24.1 Å². The van der Waals surface area contributed by atoms with Crippen LogP contribution in [-0.4, -0.2) is 30.9 Å². The fourth-order valence-electron chi connectivity index (χ4n) is 3.19. The number of benzene rings is 1. The molecule has 4 nitrogen and oxygen atoms in total. The van der Waals surface area contributed by atoms with Crippen molar-refractivity contribution in [1.29, 1.82) is 0 Å². The maximum absolute atomic E-state index is 11.6. The molecule has 4 heteroatoms. The van der Waals surface area contributed by atoms with Gasteiger partial charge in [-0.3, -0.25) is 9.69 Å². The largest absolute Gasteiger partial charge is 0.398 e. The molecule has 0 spiro atoms. The Balaban J connectivity index is 2.08. The second-order valence-electron chi connectivity index (χ2n) is 6.13. The summed E-state index contributed by atoms with van der Waals surface area (Å²) in [6, 6.07) is 5.59. The van der Waals surface area contributed by atoms with Crippen molar-refractivity contribution in [3.63, 3.8) is 0 Å². The molecule has 1 saturated heterocycles. The fourth-order valence-corrected chi connectivity index (χ4v) is 3.19. The van der Waals surface area contributed by atoms with Crippen molar-refractivity contribution in [2.24, 2.45) is 11.8 Å². The van der Waals surface area contributed by atoms with Crippen LogP contribution in [0.15, 0.2) is 18.2 Å². The van der Waals surface area contributed by atoms with Crippen molar-refractivity contribution in [2.75, 3.05) is 25.9 Å². The Morgan fingerprint density at radius 2 is 2.00 bits per heavy atom. The van der Waals surface area contributed by atoms with Crippen LogP contribution in [0.25, 0.3) is 0 Å². The fraction of sp³-hybridized carbons (Fsp3) is 0.562. The van der Waals surface area contributed by atoms with E-state index in [9.17, 15) is 4.79 Å². The first kappa shape index (κ1) is 14.9. The Hall–Kier alpha value is -1.55. The van der Waals surface area contributed by atoms with Crippen molar-refractivity contribution in [3.8, 4) is 0 Å². The molecule has 110 valence electrons. The number of carbonyl (C=O) groups excluding carboxylic acids is 1. The summed E-state index contributed by atoms with van der Waals surface area (Å²) in [5.41, 5.74) is 8.53. The molecule has 1 aromatic rings. The number of nitrogen functional groups attached to an aromatic ring is 1. The summed E-state index contributed by atoms with van der Waals surface area (Å²) in [5, 5.41) is 2.62. The lowest BCUT2D eigenvalue weighted by atomic mass is 9.91. The minimum atomic E-state index is -0.0940. The standard InChI is InChI=1S/C16H25N3O/c1-11-6-12(2)9-19(8-11)10-14-5-4-13(7-15(14)17)16(20)18-3/h4-5,7,11-12H,6,8-10,17H2,1-3H3,(H,18,20). The van der Waals surface area contributed by atoms with Crippen LogP contribution in [0, 0.1) is 11.8 Å². The molecule has 1 amide bonds. The Bertz CT molecular complexity index is 477. The first-order valence-electron chi connectivity index (χ1n) is 7.32. The third-order valence-corrected chi connectivity index (χ3v) is 3.97. The number of amides is 1. The summed E-state index contributed by atoms with van der Waals surface area (Å²) in [6.45, 7) is 7.73. The zero-order valence-corrected chi connectivity index (χ0v) is 12.6. The number of nitrogens with two attached hydrogens (primary N) is 1. The van der Waals surface area contributed by atoms with Crippen LogP contribution in [0.3, 0.4) is 0 Å². The zero-order chi connectivity index (χ0) is 14.7. The highest BCUT2D eigenvalue weighted by molar-refractivity contribution is 5.95.